The molecule has 0 radical (unpaired) electrons. The third-order valence-corrected chi connectivity index (χ3v) is 2.65. The lowest BCUT2D eigenvalue weighted by Gasteiger charge is -2.23. The van der Waals surface area contributed by atoms with Gasteiger partial charge in [-0.15, -0.1) is 5.10 Å². The molecule has 6 heteroatoms. The smallest absolute Gasteiger partial charge is 0.378 e. The van der Waals surface area contributed by atoms with Crippen LogP contribution in [-0.4, -0.2) is 45.8 Å². The van der Waals surface area contributed by atoms with E-state index in [4.69, 9.17) is 4.74 Å². The highest BCUT2D eigenvalue weighted by atomic mass is 16.5. The second kappa shape index (κ2) is 4.99. The molecular weight excluding hydrogens is 220 g/mol. The topological polar surface area (TPSA) is 60.2 Å². The molecule has 2 rings (SSSR count). The summed E-state index contributed by atoms with van der Waals surface area (Å²) in [6.45, 7) is 3.06. The van der Waals surface area contributed by atoms with Gasteiger partial charge in [0.25, 0.3) is 5.82 Å². The molecule has 6 nitrogen and oxygen atoms in total. The minimum absolute atomic E-state index is 0.124. The summed E-state index contributed by atoms with van der Waals surface area (Å²) in [4.78, 5) is 17.5. The van der Waals surface area contributed by atoms with Gasteiger partial charge in [-0.2, -0.15) is 0 Å². The van der Waals surface area contributed by atoms with Crippen molar-refractivity contribution in [3.63, 3.8) is 0 Å². The summed E-state index contributed by atoms with van der Waals surface area (Å²) in [6.07, 6.45) is 6.60. The van der Waals surface area contributed by atoms with Crippen LogP contribution in [0.15, 0.2) is 18.6 Å². The monoisotopic (exact) mass is 236 g/mol. The van der Waals surface area contributed by atoms with Crippen LogP contribution in [0, 0.1) is 0 Å². The zero-order chi connectivity index (χ0) is 12.3. The number of hydrogen-bond donors (Lipinski definition) is 0. The van der Waals surface area contributed by atoms with Gasteiger partial charge >= 0.3 is 5.97 Å². The molecule has 1 aliphatic heterocycles. The zero-order valence-corrected chi connectivity index (χ0v) is 10.0. The van der Waals surface area contributed by atoms with Gasteiger partial charge in [0, 0.05) is 13.6 Å². The molecule has 1 atom stereocenters. The maximum Gasteiger partial charge on any atom is 0.378 e. The van der Waals surface area contributed by atoms with Crippen molar-refractivity contribution in [3.8, 4) is 0 Å². The molecule has 1 unspecified atom stereocenters. The molecule has 1 aliphatic rings. The van der Waals surface area contributed by atoms with Crippen molar-refractivity contribution in [2.75, 3.05) is 20.2 Å². The van der Waals surface area contributed by atoms with Crippen LogP contribution >= 0.6 is 0 Å². The molecule has 0 spiro atoms. The Balaban J connectivity index is 2.08. The van der Waals surface area contributed by atoms with Gasteiger partial charge in [-0.3, -0.25) is 0 Å². The molecule has 1 aromatic heterocycles. The predicted molar refractivity (Wildman–Crippen MR) is 61.4 cm³/mol. The summed E-state index contributed by atoms with van der Waals surface area (Å²) in [5.41, 5.74) is 0. The van der Waals surface area contributed by atoms with Crippen molar-refractivity contribution in [1.82, 2.24) is 19.7 Å². The normalized spacial score (nSPS) is 19.4. The fourth-order valence-electron chi connectivity index (χ4n) is 1.70. The molecule has 0 saturated heterocycles. The summed E-state index contributed by atoms with van der Waals surface area (Å²) in [7, 11) is 2.03. The van der Waals surface area contributed by atoms with Gasteiger partial charge in [0.2, 0.25) is 0 Å². The lowest BCUT2D eigenvalue weighted by atomic mass is 10.1. The summed E-state index contributed by atoms with van der Waals surface area (Å²) in [5, 5.41) is 4.14. The number of rotatable bonds is 3. The first-order valence-electron chi connectivity index (χ1n) is 5.67. The van der Waals surface area contributed by atoms with Gasteiger partial charge in [0.05, 0.1) is 12.6 Å². The Morgan fingerprint density at radius 3 is 3.12 bits per heavy atom. The second-order valence-corrected chi connectivity index (χ2v) is 3.95. The van der Waals surface area contributed by atoms with Crippen molar-refractivity contribution in [2.45, 2.75) is 19.4 Å². The molecule has 0 aromatic carbocycles. The van der Waals surface area contributed by atoms with Crippen LogP contribution in [0.25, 0.3) is 0 Å². The second-order valence-electron chi connectivity index (χ2n) is 3.95. The number of ether oxygens (including phenoxy) is 1. The van der Waals surface area contributed by atoms with Crippen molar-refractivity contribution >= 4 is 5.97 Å². The van der Waals surface area contributed by atoms with Crippen molar-refractivity contribution in [2.24, 2.45) is 0 Å². The fraction of sp³-hybridized carbons (Fsp3) is 0.545. The van der Waals surface area contributed by atoms with Gasteiger partial charge in [-0.25, -0.2) is 14.5 Å². The van der Waals surface area contributed by atoms with E-state index in [0.717, 1.165) is 13.0 Å². The Labute approximate surface area is 99.9 Å². The molecule has 0 aliphatic carbocycles. The average molecular weight is 236 g/mol. The van der Waals surface area contributed by atoms with Crippen LogP contribution in [0.3, 0.4) is 0 Å². The molecule has 0 N–H and O–H groups in total. The van der Waals surface area contributed by atoms with Crippen LogP contribution < -0.4 is 0 Å². The maximum atomic E-state index is 11.4. The number of carbonyl (C=O) groups is 1. The van der Waals surface area contributed by atoms with E-state index >= 15 is 0 Å². The first kappa shape index (κ1) is 11.6. The molecule has 17 heavy (non-hydrogen) atoms. The van der Waals surface area contributed by atoms with Gasteiger partial charge in [0.15, 0.2) is 0 Å². The SMILES string of the molecule is CCOC(=O)c1ncn(C2C=CN(C)CC2)n1. The van der Waals surface area contributed by atoms with Gasteiger partial charge in [0.1, 0.15) is 6.33 Å². The van der Waals surface area contributed by atoms with E-state index in [2.05, 4.69) is 15.0 Å². The Bertz CT molecular complexity index is 427. The Kier molecular flexibility index (Phi) is 3.41. The third kappa shape index (κ3) is 2.64. The van der Waals surface area contributed by atoms with E-state index in [1.165, 1.54) is 0 Å². The Morgan fingerprint density at radius 1 is 1.65 bits per heavy atom. The Hall–Kier alpha value is -1.85. The minimum Gasteiger partial charge on any atom is -0.460 e. The summed E-state index contributed by atoms with van der Waals surface area (Å²) < 4.78 is 6.55. The van der Waals surface area contributed by atoms with Crippen LogP contribution in [-0.2, 0) is 4.74 Å². The van der Waals surface area contributed by atoms with Crippen LogP contribution in [0.1, 0.15) is 30.0 Å². The lowest BCUT2D eigenvalue weighted by Crippen LogP contribution is -2.22. The first-order valence-corrected chi connectivity index (χ1v) is 5.67. The zero-order valence-electron chi connectivity index (χ0n) is 10.0. The van der Waals surface area contributed by atoms with Crippen LogP contribution in [0.2, 0.25) is 0 Å². The highest BCUT2D eigenvalue weighted by Gasteiger charge is 2.17. The van der Waals surface area contributed by atoms with Gasteiger partial charge in [-0.1, -0.05) is 0 Å². The largest absolute Gasteiger partial charge is 0.460 e. The molecule has 92 valence electrons. The standard InChI is InChI=1S/C11H16N4O2/c1-3-17-11(16)10-12-8-15(13-10)9-4-6-14(2)7-5-9/h4,6,8-9H,3,5,7H2,1-2H3. The first-order chi connectivity index (χ1) is 8.20. The summed E-state index contributed by atoms with van der Waals surface area (Å²) in [6, 6.07) is 0.168. The van der Waals surface area contributed by atoms with E-state index in [1.807, 2.05) is 19.3 Å². The number of esters is 1. The number of aromatic nitrogens is 3. The number of allylic oxidation sites excluding steroid dienone is 1. The molecule has 0 amide bonds. The fourth-order valence-corrected chi connectivity index (χ4v) is 1.70. The molecule has 0 fully saturated rings. The molecule has 0 saturated carbocycles. The van der Waals surface area contributed by atoms with Crippen molar-refractivity contribution < 1.29 is 9.53 Å². The highest BCUT2D eigenvalue weighted by Crippen LogP contribution is 2.17. The van der Waals surface area contributed by atoms with Crippen molar-refractivity contribution in [3.05, 3.63) is 24.4 Å². The number of carbonyl (C=O) groups excluding carboxylic acids is 1. The summed E-state index contributed by atoms with van der Waals surface area (Å²) in [5.74, 6) is -0.345. The van der Waals surface area contributed by atoms with E-state index < -0.39 is 5.97 Å². The lowest BCUT2D eigenvalue weighted by molar-refractivity contribution is 0.0511. The van der Waals surface area contributed by atoms with Gasteiger partial charge < -0.3 is 9.64 Å². The summed E-state index contributed by atoms with van der Waals surface area (Å²) >= 11 is 0. The van der Waals surface area contributed by atoms with Crippen LogP contribution in [0.4, 0.5) is 0 Å². The molecule has 2 heterocycles. The third-order valence-electron chi connectivity index (χ3n) is 2.65. The number of hydrogen-bond acceptors (Lipinski definition) is 5. The Morgan fingerprint density at radius 2 is 2.47 bits per heavy atom. The van der Waals surface area contributed by atoms with E-state index in [9.17, 15) is 4.79 Å². The van der Waals surface area contributed by atoms with Crippen molar-refractivity contribution in [1.29, 1.82) is 0 Å². The molecule has 1 aromatic rings. The minimum atomic E-state index is -0.469. The number of nitrogens with zero attached hydrogens (tertiary/aromatic N) is 4. The maximum absolute atomic E-state index is 11.4. The van der Waals surface area contributed by atoms with E-state index in [0.29, 0.717) is 6.61 Å². The highest BCUT2D eigenvalue weighted by molar-refractivity contribution is 5.84. The van der Waals surface area contributed by atoms with Gasteiger partial charge in [-0.05, 0) is 25.6 Å². The predicted octanol–water partition coefficient (Wildman–Crippen LogP) is 0.845. The quantitative estimate of drug-likeness (QED) is 0.728. The van der Waals surface area contributed by atoms with E-state index in [-0.39, 0.29) is 11.9 Å². The van der Waals surface area contributed by atoms with Crippen LogP contribution in [0.5, 0.6) is 0 Å². The average Bonchev–Trinajstić information content (AvgIpc) is 2.80. The molecular formula is C11H16N4O2. The van der Waals surface area contributed by atoms with E-state index in [1.54, 1.807) is 17.9 Å². The molecule has 0 bridgehead atoms.